The Morgan fingerprint density at radius 2 is 2.33 bits per heavy atom. The Kier molecular flexibility index (Phi) is 3.38. The Hall–Kier alpha value is -0.250. The fourth-order valence-corrected chi connectivity index (χ4v) is 1.30. The van der Waals surface area contributed by atoms with Gasteiger partial charge in [0.1, 0.15) is 0 Å². The fourth-order valence-electron chi connectivity index (χ4n) is 0.839. The van der Waals surface area contributed by atoms with Crippen molar-refractivity contribution in [2.24, 2.45) is 0 Å². The zero-order chi connectivity index (χ0) is 9.03. The molecule has 1 aromatic rings. The van der Waals surface area contributed by atoms with Gasteiger partial charge in [0.25, 0.3) is 0 Å². The highest BCUT2D eigenvalue weighted by molar-refractivity contribution is 6.47. The number of nitrogens with zero attached hydrogens (tertiary/aromatic N) is 2. The highest BCUT2D eigenvalue weighted by Gasteiger charge is 2.24. The van der Waals surface area contributed by atoms with E-state index in [0.29, 0.717) is 13.2 Å². The van der Waals surface area contributed by atoms with Gasteiger partial charge in [-0.2, -0.15) is 5.10 Å². The monoisotopic (exact) mass is 208 g/mol. The molecule has 0 N–H and O–H groups in total. The molecule has 12 heavy (non-hydrogen) atoms. The highest BCUT2D eigenvalue weighted by atomic mass is 35.5. The first kappa shape index (κ1) is 9.84. The summed E-state index contributed by atoms with van der Waals surface area (Å²) in [6.45, 7) is 2.65. The van der Waals surface area contributed by atoms with Crippen LogP contribution in [-0.4, -0.2) is 20.9 Å². The lowest BCUT2D eigenvalue weighted by atomic mass is 10.6. The molecule has 0 atom stereocenters. The van der Waals surface area contributed by atoms with Crippen molar-refractivity contribution in [3.05, 3.63) is 18.5 Å². The van der Waals surface area contributed by atoms with Crippen LogP contribution in [-0.2, 0) is 11.3 Å². The van der Waals surface area contributed by atoms with E-state index >= 15 is 0 Å². The lowest BCUT2D eigenvalue weighted by Crippen LogP contribution is -2.25. The van der Waals surface area contributed by atoms with Crippen LogP contribution in [0.1, 0.15) is 6.92 Å². The van der Waals surface area contributed by atoms with Crippen molar-refractivity contribution in [3.63, 3.8) is 0 Å². The quantitative estimate of drug-likeness (QED) is 0.709. The molecule has 0 aromatic carbocycles. The molecule has 0 aliphatic heterocycles. The molecule has 1 rings (SSSR count). The number of halogens is 2. The second-order valence-corrected chi connectivity index (χ2v) is 3.69. The largest absolute Gasteiger partial charge is 0.345 e. The number of alkyl halides is 2. The van der Waals surface area contributed by atoms with Crippen molar-refractivity contribution >= 4 is 23.2 Å². The molecular weight excluding hydrogens is 199 g/mol. The van der Waals surface area contributed by atoms with E-state index in [1.807, 2.05) is 6.92 Å². The topological polar surface area (TPSA) is 27.1 Å². The maximum absolute atomic E-state index is 5.81. The molecule has 0 saturated heterocycles. The van der Waals surface area contributed by atoms with E-state index in [9.17, 15) is 0 Å². The van der Waals surface area contributed by atoms with Crippen molar-refractivity contribution in [1.29, 1.82) is 0 Å². The molecule has 5 heteroatoms. The van der Waals surface area contributed by atoms with Crippen LogP contribution in [0.3, 0.4) is 0 Å². The first-order valence-electron chi connectivity index (χ1n) is 3.63. The van der Waals surface area contributed by atoms with Gasteiger partial charge in [-0.25, -0.2) is 0 Å². The molecule has 1 heterocycles. The van der Waals surface area contributed by atoms with Gasteiger partial charge in [-0.3, -0.25) is 4.68 Å². The lowest BCUT2D eigenvalue weighted by Gasteiger charge is -2.18. The summed E-state index contributed by atoms with van der Waals surface area (Å²) in [6.07, 6.45) is 3.44. The summed E-state index contributed by atoms with van der Waals surface area (Å²) in [4.78, 5) is 0. The van der Waals surface area contributed by atoms with Crippen LogP contribution in [0.4, 0.5) is 0 Å². The number of hydrogen-bond acceptors (Lipinski definition) is 2. The van der Waals surface area contributed by atoms with Gasteiger partial charge in [-0.1, -0.05) is 23.2 Å². The van der Waals surface area contributed by atoms with Crippen LogP contribution in [0, 0.1) is 0 Å². The minimum Gasteiger partial charge on any atom is -0.345 e. The molecule has 0 amide bonds. The summed E-state index contributed by atoms with van der Waals surface area (Å²) in [7, 11) is 0. The Morgan fingerprint density at radius 1 is 1.58 bits per heavy atom. The molecule has 1 aromatic heterocycles. The minimum atomic E-state index is -1.18. The van der Waals surface area contributed by atoms with Gasteiger partial charge in [0.15, 0.2) is 0 Å². The van der Waals surface area contributed by atoms with Crippen molar-refractivity contribution < 1.29 is 4.74 Å². The molecule has 3 nitrogen and oxygen atoms in total. The molecule has 0 bridgehead atoms. The van der Waals surface area contributed by atoms with Gasteiger partial charge in [0.05, 0.1) is 6.54 Å². The standard InChI is InChI=1S/C7H10Cl2N2O/c1-2-12-7(8,9)6-11-5-3-4-10-11/h3-5H,2,6H2,1H3. The second-order valence-electron chi connectivity index (χ2n) is 2.27. The molecule has 0 saturated carbocycles. The molecule has 68 valence electrons. The third-order valence-corrected chi connectivity index (χ3v) is 1.72. The Morgan fingerprint density at radius 3 is 2.83 bits per heavy atom. The predicted molar refractivity (Wildman–Crippen MR) is 48.3 cm³/mol. The van der Waals surface area contributed by atoms with Gasteiger partial charge in [0.2, 0.25) is 4.52 Å². The van der Waals surface area contributed by atoms with Crippen LogP contribution in [0.2, 0.25) is 0 Å². The van der Waals surface area contributed by atoms with E-state index in [4.69, 9.17) is 27.9 Å². The molecule has 0 spiro atoms. The zero-order valence-corrected chi connectivity index (χ0v) is 8.22. The maximum atomic E-state index is 5.81. The van der Waals surface area contributed by atoms with E-state index in [-0.39, 0.29) is 0 Å². The average molecular weight is 209 g/mol. The predicted octanol–water partition coefficient (Wildman–Crippen LogP) is 2.05. The summed E-state index contributed by atoms with van der Waals surface area (Å²) in [5, 5.41) is 3.95. The highest BCUT2D eigenvalue weighted by Crippen LogP contribution is 2.24. The van der Waals surface area contributed by atoms with Crippen LogP contribution in [0.15, 0.2) is 18.5 Å². The van der Waals surface area contributed by atoms with Gasteiger partial charge < -0.3 is 4.74 Å². The van der Waals surface area contributed by atoms with E-state index in [0.717, 1.165) is 0 Å². The molecular formula is C7H10Cl2N2O. The second kappa shape index (κ2) is 4.12. The molecule has 0 aliphatic carbocycles. The number of rotatable bonds is 4. The minimum absolute atomic E-state index is 0.330. The lowest BCUT2D eigenvalue weighted by molar-refractivity contribution is 0.0738. The third-order valence-electron chi connectivity index (χ3n) is 1.26. The van der Waals surface area contributed by atoms with Gasteiger partial charge in [-0.15, -0.1) is 0 Å². The fraction of sp³-hybridized carbons (Fsp3) is 0.571. The van der Waals surface area contributed by atoms with E-state index in [2.05, 4.69) is 5.10 Å². The number of aromatic nitrogens is 2. The first-order chi connectivity index (χ1) is 5.64. The smallest absolute Gasteiger partial charge is 0.237 e. The van der Waals surface area contributed by atoms with Crippen molar-refractivity contribution in [2.45, 2.75) is 18.0 Å². The van der Waals surface area contributed by atoms with E-state index in [1.165, 1.54) is 0 Å². The van der Waals surface area contributed by atoms with E-state index < -0.39 is 4.52 Å². The van der Waals surface area contributed by atoms with Crippen LogP contribution in [0.5, 0.6) is 0 Å². The zero-order valence-electron chi connectivity index (χ0n) is 6.70. The van der Waals surface area contributed by atoms with Gasteiger partial charge >= 0.3 is 0 Å². The summed E-state index contributed by atoms with van der Waals surface area (Å²) < 4.78 is 5.51. The van der Waals surface area contributed by atoms with Crippen molar-refractivity contribution in [3.8, 4) is 0 Å². The molecule has 0 unspecified atom stereocenters. The Labute approximate surface area is 81.2 Å². The molecule has 0 aliphatic rings. The summed E-state index contributed by atoms with van der Waals surface area (Å²) in [6, 6.07) is 1.80. The Balaban J connectivity index is 2.50. The Bertz CT molecular complexity index is 223. The molecule has 0 radical (unpaired) electrons. The van der Waals surface area contributed by atoms with Crippen LogP contribution in [0.25, 0.3) is 0 Å². The van der Waals surface area contributed by atoms with Gasteiger partial charge in [-0.05, 0) is 13.0 Å². The summed E-state index contributed by atoms with van der Waals surface area (Å²) in [5.41, 5.74) is 0. The maximum Gasteiger partial charge on any atom is 0.237 e. The average Bonchev–Trinajstić information content (AvgIpc) is 2.38. The number of hydrogen-bond donors (Lipinski definition) is 0. The van der Waals surface area contributed by atoms with Crippen molar-refractivity contribution in [2.75, 3.05) is 6.61 Å². The van der Waals surface area contributed by atoms with Crippen molar-refractivity contribution in [1.82, 2.24) is 9.78 Å². The third kappa shape index (κ3) is 3.01. The number of ether oxygens (including phenoxy) is 1. The van der Waals surface area contributed by atoms with Gasteiger partial charge in [0, 0.05) is 19.0 Å². The first-order valence-corrected chi connectivity index (χ1v) is 4.39. The summed E-state index contributed by atoms with van der Waals surface area (Å²) >= 11 is 11.6. The molecule has 0 fully saturated rings. The van der Waals surface area contributed by atoms with E-state index in [1.54, 1.807) is 23.1 Å². The normalized spacial score (nSPS) is 11.9. The SMILES string of the molecule is CCOC(Cl)(Cl)Cn1cccn1. The van der Waals surface area contributed by atoms with Crippen LogP contribution < -0.4 is 0 Å². The summed E-state index contributed by atoms with van der Waals surface area (Å²) in [5.74, 6) is 0. The van der Waals surface area contributed by atoms with Crippen LogP contribution >= 0.6 is 23.2 Å².